The summed E-state index contributed by atoms with van der Waals surface area (Å²) in [5.41, 5.74) is 2.14. The number of hydrogen-bond acceptors (Lipinski definition) is 5. The molecule has 0 aromatic rings. The van der Waals surface area contributed by atoms with Crippen LogP contribution in [0.5, 0.6) is 0 Å². The van der Waals surface area contributed by atoms with Crippen molar-refractivity contribution in [2.45, 2.75) is 32.4 Å². The van der Waals surface area contributed by atoms with E-state index in [0.29, 0.717) is 6.42 Å². The molecule has 1 heterocycles. The van der Waals surface area contributed by atoms with Gasteiger partial charge in [-0.1, -0.05) is 13.8 Å². The molecule has 2 atom stereocenters. The molecule has 6 nitrogen and oxygen atoms in total. The monoisotopic (exact) mass is 263 g/mol. The Balaban J connectivity index is 2.79. The molecule has 0 saturated carbocycles. The molecule has 1 saturated heterocycles. The van der Waals surface area contributed by atoms with Gasteiger partial charge in [-0.15, -0.1) is 0 Å². The smallest absolute Gasteiger partial charge is 0.251 e. The van der Waals surface area contributed by atoms with Gasteiger partial charge in [0.05, 0.1) is 17.5 Å². The lowest BCUT2D eigenvalue weighted by Crippen LogP contribution is -2.53. The third-order valence-corrected chi connectivity index (χ3v) is 5.02. The Morgan fingerprint density at radius 3 is 2.41 bits per heavy atom. The van der Waals surface area contributed by atoms with Gasteiger partial charge in [0.25, 0.3) is 5.91 Å². The molecule has 3 N–H and O–H groups in total. The zero-order chi connectivity index (χ0) is 13.2. The number of sulfone groups is 1. The first kappa shape index (κ1) is 14.4. The molecule has 17 heavy (non-hydrogen) atoms. The predicted molar refractivity (Wildman–Crippen MR) is 65.8 cm³/mol. The standard InChI is InChI=1S/C10H21N3O3S/c1-7(2)9(10(14)12-11)13(3)8-4-5-17(15,16)6-8/h7-9H,4-6,11H2,1-3H3,(H,12,14). The molecule has 100 valence electrons. The van der Waals surface area contributed by atoms with E-state index in [1.165, 1.54) is 0 Å². The van der Waals surface area contributed by atoms with Crippen LogP contribution < -0.4 is 11.3 Å². The summed E-state index contributed by atoms with van der Waals surface area (Å²) in [6.45, 7) is 3.83. The van der Waals surface area contributed by atoms with Crippen molar-refractivity contribution in [1.82, 2.24) is 10.3 Å². The highest BCUT2D eigenvalue weighted by molar-refractivity contribution is 7.91. The quantitative estimate of drug-likeness (QED) is 0.390. The number of nitrogens with one attached hydrogen (secondary N) is 1. The van der Waals surface area contributed by atoms with Crippen LogP contribution in [-0.2, 0) is 14.6 Å². The lowest BCUT2D eigenvalue weighted by atomic mass is 10.0. The SMILES string of the molecule is CC(C)C(C(=O)NN)N(C)C1CCS(=O)(=O)C1. The topological polar surface area (TPSA) is 92.5 Å². The minimum Gasteiger partial charge on any atom is -0.293 e. The first-order chi connectivity index (χ1) is 7.78. The summed E-state index contributed by atoms with van der Waals surface area (Å²) in [4.78, 5) is 13.5. The van der Waals surface area contributed by atoms with Crippen LogP contribution in [0.25, 0.3) is 0 Å². The van der Waals surface area contributed by atoms with E-state index in [9.17, 15) is 13.2 Å². The second-order valence-electron chi connectivity index (χ2n) is 4.92. The Hall–Kier alpha value is -0.660. The highest BCUT2D eigenvalue weighted by Crippen LogP contribution is 2.21. The van der Waals surface area contributed by atoms with E-state index in [0.717, 1.165) is 0 Å². The molecule has 1 rings (SSSR count). The fourth-order valence-corrected chi connectivity index (χ4v) is 4.15. The van der Waals surface area contributed by atoms with Gasteiger partial charge in [0.2, 0.25) is 0 Å². The van der Waals surface area contributed by atoms with Crippen molar-refractivity contribution in [3.05, 3.63) is 0 Å². The largest absolute Gasteiger partial charge is 0.293 e. The zero-order valence-electron chi connectivity index (χ0n) is 10.5. The minimum absolute atomic E-state index is 0.0758. The van der Waals surface area contributed by atoms with Crippen molar-refractivity contribution in [2.75, 3.05) is 18.6 Å². The number of rotatable bonds is 4. The summed E-state index contributed by atoms with van der Waals surface area (Å²) in [6, 6.07) is -0.483. The van der Waals surface area contributed by atoms with Gasteiger partial charge in [0.15, 0.2) is 9.84 Å². The summed E-state index contributed by atoms with van der Waals surface area (Å²) in [5, 5.41) is 0. The van der Waals surface area contributed by atoms with Gasteiger partial charge in [0.1, 0.15) is 0 Å². The van der Waals surface area contributed by atoms with Gasteiger partial charge in [-0.2, -0.15) is 0 Å². The summed E-state index contributed by atoms with van der Waals surface area (Å²) in [6.07, 6.45) is 0.583. The van der Waals surface area contributed by atoms with Gasteiger partial charge < -0.3 is 0 Å². The molecular weight excluding hydrogens is 242 g/mol. The number of carbonyl (C=O) groups is 1. The summed E-state index contributed by atoms with van der Waals surface area (Å²) >= 11 is 0. The van der Waals surface area contributed by atoms with Crippen LogP contribution in [0, 0.1) is 5.92 Å². The lowest BCUT2D eigenvalue weighted by molar-refractivity contribution is -0.128. The van der Waals surface area contributed by atoms with Crippen LogP contribution in [0.3, 0.4) is 0 Å². The molecular formula is C10H21N3O3S. The van der Waals surface area contributed by atoms with Crippen molar-refractivity contribution in [2.24, 2.45) is 11.8 Å². The molecule has 0 spiro atoms. The average molecular weight is 263 g/mol. The Morgan fingerprint density at radius 1 is 1.47 bits per heavy atom. The maximum Gasteiger partial charge on any atom is 0.251 e. The van der Waals surface area contributed by atoms with Gasteiger partial charge in [-0.05, 0) is 19.4 Å². The second kappa shape index (κ2) is 5.32. The third kappa shape index (κ3) is 3.40. The van der Waals surface area contributed by atoms with Gasteiger partial charge in [-0.3, -0.25) is 15.1 Å². The van der Waals surface area contributed by atoms with Gasteiger partial charge in [0, 0.05) is 6.04 Å². The number of carbonyl (C=O) groups excluding carboxylic acids is 1. The van der Waals surface area contributed by atoms with E-state index in [2.05, 4.69) is 5.43 Å². The van der Waals surface area contributed by atoms with E-state index < -0.39 is 15.9 Å². The van der Waals surface area contributed by atoms with Crippen LogP contribution in [-0.4, -0.2) is 49.9 Å². The molecule has 1 aliphatic rings. The maximum absolute atomic E-state index is 11.7. The first-order valence-electron chi connectivity index (χ1n) is 5.71. The van der Waals surface area contributed by atoms with E-state index in [1.54, 1.807) is 7.05 Å². The molecule has 1 fully saturated rings. The van der Waals surface area contributed by atoms with E-state index in [4.69, 9.17) is 5.84 Å². The number of amides is 1. The minimum atomic E-state index is -2.94. The fraction of sp³-hybridized carbons (Fsp3) is 0.900. The molecule has 0 aromatic carbocycles. The van der Waals surface area contributed by atoms with Crippen molar-refractivity contribution >= 4 is 15.7 Å². The molecule has 0 aliphatic carbocycles. The van der Waals surface area contributed by atoms with E-state index >= 15 is 0 Å². The average Bonchev–Trinajstić information content (AvgIpc) is 2.58. The second-order valence-corrected chi connectivity index (χ2v) is 7.15. The van der Waals surface area contributed by atoms with Crippen LogP contribution in [0.15, 0.2) is 0 Å². The Bertz CT molecular complexity index is 380. The Morgan fingerprint density at radius 2 is 2.06 bits per heavy atom. The highest BCUT2D eigenvalue weighted by atomic mass is 32.2. The zero-order valence-corrected chi connectivity index (χ0v) is 11.3. The van der Waals surface area contributed by atoms with Crippen molar-refractivity contribution in [3.8, 4) is 0 Å². The van der Waals surface area contributed by atoms with E-state index in [1.807, 2.05) is 18.7 Å². The van der Waals surface area contributed by atoms with Gasteiger partial charge >= 0.3 is 0 Å². The Kier molecular flexibility index (Phi) is 4.51. The highest BCUT2D eigenvalue weighted by Gasteiger charge is 2.36. The molecule has 2 unspecified atom stereocenters. The molecule has 7 heteroatoms. The fourth-order valence-electron chi connectivity index (χ4n) is 2.37. The molecule has 1 amide bonds. The normalized spacial score (nSPS) is 25.2. The van der Waals surface area contributed by atoms with Crippen molar-refractivity contribution < 1.29 is 13.2 Å². The summed E-state index contributed by atoms with van der Waals surface area (Å²) in [5.74, 6) is 5.30. The number of nitrogens with zero attached hydrogens (tertiary/aromatic N) is 1. The van der Waals surface area contributed by atoms with Crippen LogP contribution in [0.1, 0.15) is 20.3 Å². The van der Waals surface area contributed by atoms with Crippen molar-refractivity contribution in [3.63, 3.8) is 0 Å². The molecule has 0 radical (unpaired) electrons. The number of hydrogen-bond donors (Lipinski definition) is 2. The number of hydrazine groups is 1. The van der Waals surface area contributed by atoms with Crippen molar-refractivity contribution in [1.29, 1.82) is 0 Å². The van der Waals surface area contributed by atoms with Gasteiger partial charge in [-0.25, -0.2) is 14.3 Å². The molecule has 1 aliphatic heterocycles. The molecule has 0 aromatic heterocycles. The molecule has 0 bridgehead atoms. The predicted octanol–water partition coefficient (Wildman–Crippen LogP) is -0.880. The van der Waals surface area contributed by atoms with E-state index in [-0.39, 0.29) is 29.4 Å². The first-order valence-corrected chi connectivity index (χ1v) is 7.53. The number of nitrogens with two attached hydrogens (primary N) is 1. The summed E-state index contributed by atoms with van der Waals surface area (Å²) < 4.78 is 22.9. The summed E-state index contributed by atoms with van der Waals surface area (Å²) in [7, 11) is -1.15. The maximum atomic E-state index is 11.7. The lowest BCUT2D eigenvalue weighted by Gasteiger charge is -2.33. The third-order valence-electron chi connectivity index (χ3n) is 3.27. The Labute approximate surface area is 102 Å². The van der Waals surface area contributed by atoms with Crippen LogP contribution in [0.2, 0.25) is 0 Å². The number of likely N-dealkylation sites (N-methyl/N-ethyl adjacent to an activating group) is 1. The van der Waals surface area contributed by atoms with Crippen LogP contribution >= 0.6 is 0 Å². The van der Waals surface area contributed by atoms with Crippen LogP contribution in [0.4, 0.5) is 0 Å².